The number of carbonyl (C=O) groups is 1. The van der Waals surface area contributed by atoms with Crippen LogP contribution in [0.4, 0.5) is 4.79 Å². The minimum atomic E-state index is -0.458. The van der Waals surface area contributed by atoms with E-state index in [1.165, 1.54) is 0 Å². The second-order valence-electron chi connectivity index (χ2n) is 5.23. The monoisotopic (exact) mass is 209 g/mol. The SMILES string of the molecule is C#C[C@@H]1[C@H](C(C)C)N1C(=O)OC(C)(C)C. The van der Waals surface area contributed by atoms with Crippen LogP contribution in [0.15, 0.2) is 0 Å². The molecule has 0 saturated carbocycles. The molecule has 1 aliphatic heterocycles. The lowest BCUT2D eigenvalue weighted by molar-refractivity contribution is 0.0392. The fourth-order valence-corrected chi connectivity index (χ4v) is 1.66. The van der Waals surface area contributed by atoms with Gasteiger partial charge in [-0.2, -0.15) is 0 Å². The Morgan fingerprint density at radius 2 is 2.00 bits per heavy atom. The Kier molecular flexibility index (Phi) is 2.99. The van der Waals surface area contributed by atoms with Crippen LogP contribution in [0.5, 0.6) is 0 Å². The van der Waals surface area contributed by atoms with Crippen LogP contribution in [0.3, 0.4) is 0 Å². The molecule has 1 saturated heterocycles. The average molecular weight is 209 g/mol. The van der Waals surface area contributed by atoms with Gasteiger partial charge in [0.05, 0.1) is 6.04 Å². The van der Waals surface area contributed by atoms with Crippen LogP contribution in [0, 0.1) is 18.3 Å². The molecule has 2 atom stereocenters. The van der Waals surface area contributed by atoms with Crippen LogP contribution in [-0.2, 0) is 4.74 Å². The first-order chi connectivity index (χ1) is 6.78. The Morgan fingerprint density at radius 3 is 2.27 bits per heavy atom. The van der Waals surface area contributed by atoms with Crippen molar-refractivity contribution in [3.05, 3.63) is 0 Å². The summed E-state index contributed by atoms with van der Waals surface area (Å²) in [6.07, 6.45) is 5.05. The van der Waals surface area contributed by atoms with Crippen molar-refractivity contribution in [3.8, 4) is 12.3 Å². The van der Waals surface area contributed by atoms with E-state index in [0.717, 1.165) is 0 Å². The molecule has 1 fully saturated rings. The quantitative estimate of drug-likeness (QED) is 0.489. The van der Waals surface area contributed by atoms with Gasteiger partial charge >= 0.3 is 6.09 Å². The molecule has 0 spiro atoms. The lowest BCUT2D eigenvalue weighted by atomic mass is 10.1. The summed E-state index contributed by atoms with van der Waals surface area (Å²) in [4.78, 5) is 13.3. The lowest BCUT2D eigenvalue weighted by Crippen LogP contribution is -2.28. The lowest BCUT2D eigenvalue weighted by Gasteiger charge is -2.20. The molecule has 0 aromatic carbocycles. The number of carbonyl (C=O) groups excluding carboxylic acids is 1. The van der Waals surface area contributed by atoms with E-state index in [4.69, 9.17) is 11.2 Å². The van der Waals surface area contributed by atoms with E-state index in [1.54, 1.807) is 4.90 Å². The van der Waals surface area contributed by atoms with E-state index < -0.39 is 5.60 Å². The number of terminal acetylenes is 1. The standard InChI is InChI=1S/C12H19NO2/c1-7-9-10(8(2)3)13(9)11(14)15-12(4,5)6/h1,8-10H,2-6H3/t9-,10+,13?/m1/s1. The van der Waals surface area contributed by atoms with Gasteiger partial charge in [0.2, 0.25) is 0 Å². The van der Waals surface area contributed by atoms with Crippen molar-refractivity contribution in [2.75, 3.05) is 0 Å². The molecule has 1 rings (SSSR count). The highest BCUT2D eigenvalue weighted by atomic mass is 16.6. The first-order valence-electron chi connectivity index (χ1n) is 5.25. The highest BCUT2D eigenvalue weighted by Crippen LogP contribution is 2.35. The molecule has 1 aliphatic rings. The Bertz CT molecular complexity index is 296. The topological polar surface area (TPSA) is 29.3 Å². The zero-order valence-electron chi connectivity index (χ0n) is 10.1. The number of rotatable bonds is 1. The average Bonchev–Trinajstić information content (AvgIpc) is 2.73. The Morgan fingerprint density at radius 1 is 1.47 bits per heavy atom. The van der Waals surface area contributed by atoms with Crippen LogP contribution in [0.1, 0.15) is 34.6 Å². The number of nitrogens with zero attached hydrogens (tertiary/aromatic N) is 1. The highest BCUT2D eigenvalue weighted by Gasteiger charge is 2.53. The molecule has 0 radical (unpaired) electrons. The number of hydrogen-bond donors (Lipinski definition) is 0. The summed E-state index contributed by atoms with van der Waals surface area (Å²) in [5.74, 6) is 2.99. The van der Waals surface area contributed by atoms with E-state index >= 15 is 0 Å². The molecule has 3 heteroatoms. The molecule has 0 bridgehead atoms. The van der Waals surface area contributed by atoms with Crippen molar-refractivity contribution in [2.45, 2.75) is 52.3 Å². The molecule has 15 heavy (non-hydrogen) atoms. The predicted molar refractivity (Wildman–Crippen MR) is 59.3 cm³/mol. The van der Waals surface area contributed by atoms with Crippen LogP contribution < -0.4 is 0 Å². The van der Waals surface area contributed by atoms with Gasteiger partial charge in [0.1, 0.15) is 11.6 Å². The Hall–Kier alpha value is -1.17. The Labute approximate surface area is 91.8 Å². The maximum atomic E-state index is 11.7. The Balaban J connectivity index is 2.60. The molecule has 0 aliphatic carbocycles. The van der Waals surface area contributed by atoms with Gasteiger partial charge in [0.25, 0.3) is 0 Å². The molecule has 0 aromatic heterocycles. The maximum Gasteiger partial charge on any atom is 0.411 e. The smallest absolute Gasteiger partial charge is 0.411 e. The van der Waals surface area contributed by atoms with Crippen molar-refractivity contribution < 1.29 is 9.53 Å². The third-order valence-electron chi connectivity index (χ3n) is 2.31. The maximum absolute atomic E-state index is 11.7. The van der Waals surface area contributed by atoms with Gasteiger partial charge < -0.3 is 4.74 Å². The predicted octanol–water partition coefficient (Wildman–Crippen LogP) is 2.26. The van der Waals surface area contributed by atoms with Gasteiger partial charge in [-0.05, 0) is 26.7 Å². The molecule has 3 nitrogen and oxygen atoms in total. The summed E-state index contributed by atoms with van der Waals surface area (Å²) in [7, 11) is 0. The molecule has 0 unspecified atom stereocenters. The first kappa shape index (κ1) is 11.9. The van der Waals surface area contributed by atoms with E-state index in [2.05, 4.69) is 19.8 Å². The van der Waals surface area contributed by atoms with Gasteiger partial charge in [-0.25, -0.2) is 4.79 Å². The molecule has 1 amide bonds. The van der Waals surface area contributed by atoms with E-state index in [-0.39, 0.29) is 18.2 Å². The van der Waals surface area contributed by atoms with Gasteiger partial charge in [-0.15, -0.1) is 6.42 Å². The zero-order chi connectivity index (χ0) is 11.8. The van der Waals surface area contributed by atoms with Crippen molar-refractivity contribution in [2.24, 2.45) is 5.92 Å². The van der Waals surface area contributed by atoms with Crippen LogP contribution in [0.2, 0.25) is 0 Å². The van der Waals surface area contributed by atoms with Crippen molar-refractivity contribution in [1.82, 2.24) is 4.90 Å². The van der Waals surface area contributed by atoms with Crippen LogP contribution in [0.25, 0.3) is 0 Å². The van der Waals surface area contributed by atoms with Crippen molar-refractivity contribution in [3.63, 3.8) is 0 Å². The molecule has 1 heterocycles. The number of amides is 1. The third-order valence-corrected chi connectivity index (χ3v) is 2.31. The van der Waals surface area contributed by atoms with E-state index in [0.29, 0.717) is 5.92 Å². The number of hydrogen-bond acceptors (Lipinski definition) is 2. The normalized spacial score (nSPS) is 25.0. The van der Waals surface area contributed by atoms with Gasteiger partial charge in [0.15, 0.2) is 0 Å². The molecular formula is C12H19NO2. The second-order valence-corrected chi connectivity index (χ2v) is 5.23. The van der Waals surface area contributed by atoms with Crippen molar-refractivity contribution in [1.29, 1.82) is 0 Å². The summed E-state index contributed by atoms with van der Waals surface area (Å²) in [6, 6.07) is 0.0599. The van der Waals surface area contributed by atoms with E-state index in [1.807, 2.05) is 20.8 Å². The van der Waals surface area contributed by atoms with Gasteiger partial charge in [-0.3, -0.25) is 4.90 Å². The first-order valence-corrected chi connectivity index (χ1v) is 5.25. The largest absolute Gasteiger partial charge is 0.444 e. The molecule has 0 aromatic rings. The summed E-state index contributed by atoms with van der Waals surface area (Å²) in [6.45, 7) is 9.66. The summed E-state index contributed by atoms with van der Waals surface area (Å²) in [5.41, 5.74) is -0.458. The minimum absolute atomic E-state index is 0.0835. The highest BCUT2D eigenvalue weighted by molar-refractivity contribution is 5.73. The van der Waals surface area contributed by atoms with Crippen molar-refractivity contribution >= 4 is 6.09 Å². The zero-order valence-corrected chi connectivity index (χ0v) is 10.1. The van der Waals surface area contributed by atoms with E-state index in [9.17, 15) is 4.79 Å². The molecule has 84 valence electrons. The van der Waals surface area contributed by atoms with Crippen LogP contribution in [-0.4, -0.2) is 28.7 Å². The summed E-state index contributed by atoms with van der Waals surface area (Å²) >= 11 is 0. The van der Waals surface area contributed by atoms with Crippen LogP contribution >= 0.6 is 0 Å². The minimum Gasteiger partial charge on any atom is -0.444 e. The fraction of sp³-hybridized carbons (Fsp3) is 0.750. The fourth-order valence-electron chi connectivity index (χ4n) is 1.66. The third kappa shape index (κ3) is 2.65. The molecule has 0 N–H and O–H groups in total. The summed E-state index contributed by atoms with van der Waals surface area (Å²) < 4.78 is 5.27. The van der Waals surface area contributed by atoms with Gasteiger partial charge in [-0.1, -0.05) is 19.8 Å². The summed E-state index contributed by atoms with van der Waals surface area (Å²) in [5, 5.41) is 0. The van der Waals surface area contributed by atoms with Gasteiger partial charge in [0, 0.05) is 0 Å². The number of ether oxygens (including phenoxy) is 1. The second kappa shape index (κ2) is 3.77. The molecular weight excluding hydrogens is 190 g/mol.